The Kier molecular flexibility index (Phi) is 56.2. The topological polar surface area (TPSA) is 0 Å². The van der Waals surface area contributed by atoms with Crippen LogP contribution in [0.1, 0.15) is 149 Å². The number of hydrogen-bond acceptors (Lipinski definition) is 0. The Balaban J connectivity index is -0.000000404. The molecule has 4 heteroatoms. The van der Waals surface area contributed by atoms with Crippen LogP contribution >= 0.6 is 0 Å². The summed E-state index contributed by atoms with van der Waals surface area (Å²) in [7, 11) is 0. The van der Waals surface area contributed by atoms with Gasteiger partial charge in [-0.1, -0.05) is 392 Å². The van der Waals surface area contributed by atoms with Gasteiger partial charge in [0.25, 0.3) is 0 Å². The molecular weight excluding hydrogens is 1750 g/mol. The summed E-state index contributed by atoms with van der Waals surface area (Å²) < 4.78 is 0. The maximum absolute atomic E-state index is 2.58. The van der Waals surface area contributed by atoms with Crippen LogP contribution in [0.4, 0.5) is 0 Å². The van der Waals surface area contributed by atoms with E-state index < -0.39 is 0 Å². The van der Waals surface area contributed by atoms with Crippen LogP contribution in [-0.2, 0) is 77.9 Å². The van der Waals surface area contributed by atoms with Gasteiger partial charge in [0.15, 0.2) is 0 Å². The predicted molar refractivity (Wildman–Crippen MR) is 511 cm³/mol. The Morgan fingerprint density at radius 2 is 0.612 bits per heavy atom. The molecule has 0 nitrogen and oxygen atoms in total. The van der Waals surface area contributed by atoms with E-state index in [0.29, 0.717) is 34.0 Å². The van der Waals surface area contributed by atoms with E-state index in [1.165, 1.54) is 118 Å². The van der Waals surface area contributed by atoms with E-state index in [1.807, 2.05) is 0 Å². The molecule has 0 N–H and O–H groups in total. The average molecular weight is 1890 g/mol. The number of allylic oxidation sites excluding steroid dienone is 12. The van der Waals surface area contributed by atoms with Crippen molar-refractivity contribution in [1.29, 1.82) is 0 Å². The van der Waals surface area contributed by atoms with Crippen LogP contribution in [0, 0.1) is 146 Å². The van der Waals surface area contributed by atoms with Gasteiger partial charge in [-0.05, 0) is 213 Å². The summed E-state index contributed by atoms with van der Waals surface area (Å²) in [6, 6.07) is 100.0. The van der Waals surface area contributed by atoms with Crippen LogP contribution in [0.2, 0.25) is 0 Å². The van der Waals surface area contributed by atoms with Crippen LogP contribution in [0.15, 0.2) is 350 Å². The van der Waals surface area contributed by atoms with Crippen LogP contribution < -0.4 is 0 Å². The minimum atomic E-state index is 0. The van der Waals surface area contributed by atoms with Gasteiger partial charge in [0.2, 0.25) is 0 Å². The zero-order valence-corrected chi connectivity index (χ0v) is 81.6. The molecule has 11 aromatic carbocycles. The summed E-state index contributed by atoms with van der Waals surface area (Å²) in [5.41, 5.74) is 12.3. The molecule has 5 unspecified atom stereocenters. The third kappa shape index (κ3) is 29.1. The SMILES string of the molecule is CC1(C)C2C=C(c3ccccc3)[C@]1(C)CC2c1ccccc1.CC1(C)C[C@@]2(C)C=CC1C[C@@H]2c1ccccc1.CC1=CC[C@@H]2CC1CC=C2C.CC1=CC[C@H]2C=CCC1C2.[CH3-].[CH3-].[CH3-].[CH3-].[CH3-].[CH3-].[CH3-].[CH3-].[CH3-].[CH3-].[CH3-].[CH3-].[Ru+3].[Ru+3].[Ru+3].[Ru+3].c1ccc2ccccc2c1.c1ccc2ccccc2c1.c1ccc2ccccc2c1.c1ccc2ccccc2c1. The van der Waals surface area contributed by atoms with Crippen LogP contribution in [0.3, 0.4) is 0 Å². The van der Waals surface area contributed by atoms with Gasteiger partial charge < -0.3 is 89.1 Å². The van der Waals surface area contributed by atoms with Crippen molar-refractivity contribution >= 4 is 48.7 Å². The summed E-state index contributed by atoms with van der Waals surface area (Å²) in [4.78, 5) is 0. The summed E-state index contributed by atoms with van der Waals surface area (Å²) in [5, 5.41) is 10.5. The third-order valence-corrected chi connectivity index (χ3v) is 24.4. The van der Waals surface area contributed by atoms with Crippen LogP contribution in [-0.4, -0.2) is 0 Å². The fraction of sp³-hybridized carbons (Fsp3) is 0.268. The van der Waals surface area contributed by atoms with E-state index in [0.717, 1.165) is 29.6 Å². The van der Waals surface area contributed by atoms with Gasteiger partial charge in [-0.3, -0.25) is 0 Å². The van der Waals surface area contributed by atoms with Crippen LogP contribution in [0.5, 0.6) is 0 Å². The van der Waals surface area contributed by atoms with Crippen LogP contribution in [0.25, 0.3) is 48.7 Å². The molecule has 20 rings (SSSR count). The first kappa shape index (κ1) is 118. The molecule has 116 heavy (non-hydrogen) atoms. The maximum Gasteiger partial charge on any atom is 3.00 e. The molecule has 9 aliphatic rings. The van der Waals surface area contributed by atoms with E-state index in [9.17, 15) is 0 Å². The zero-order valence-electron chi connectivity index (χ0n) is 74.7. The van der Waals surface area contributed by atoms with Gasteiger partial charge in [-0.2, -0.15) is 0 Å². The predicted octanol–water partition coefficient (Wildman–Crippen LogP) is 33.7. The minimum Gasteiger partial charge on any atom is -0.358 e. The molecule has 8 bridgehead atoms. The smallest absolute Gasteiger partial charge is 0.358 e. The first-order chi connectivity index (χ1) is 48.5. The molecule has 2 fully saturated rings. The van der Waals surface area contributed by atoms with E-state index in [4.69, 9.17) is 0 Å². The Morgan fingerprint density at radius 1 is 0.310 bits per heavy atom. The molecule has 11 aromatic rings. The van der Waals surface area contributed by atoms with Gasteiger partial charge in [-0.15, -0.1) is 0 Å². The second kappa shape index (κ2) is 55.3. The fourth-order valence-electron chi connectivity index (χ4n) is 17.9. The standard InChI is InChI=1S/C22H24.C17H22.C11H16.C10H14.4C10H8.12CH3.4Ru/c1-21(2)20-14-19(17-12-8-5-9-13-17)22(21,3)15-18(20)16-10-6-4-7-11-16;1-16(2)12-17(3)10-9-14(16)11-15(17)13-7-5-4-6-8-13;1-8-3-5-11-7-10(8)6-4-9(11)2;1-8-5-6-9-3-2-4-10(8)7-9;4*1-2-6-10-8-4-3-7-9(10)5-1;;;;;;;;;;;;;;;;/h4-14,18,20H,15H2,1-3H3;4-10,14-15H,11-12H2,1-3H3;3-4,10-11H,5-7H2,1-2H3;2-3,5,9-10H,4,6-7H2,1H3;4*1-8H;12*1H3;;;;/q;;;;;;;;12*-1;4*+3/t18?,20?,22-;14?,15-,17-;10-,11?;9-,10?;;;;;;;;;;;;;;;;;;;;/m0111..................../s1. The number of rotatable bonds is 3. The molecular formula is C112H144Ru4. The number of hydrogen-bond donors (Lipinski definition) is 0. The fourth-order valence-corrected chi connectivity index (χ4v) is 17.9. The first-order valence-corrected chi connectivity index (χ1v) is 37.5. The summed E-state index contributed by atoms with van der Waals surface area (Å²) in [5.74, 6) is 6.31. The molecule has 0 aliphatic heterocycles. The summed E-state index contributed by atoms with van der Waals surface area (Å²) >= 11 is 0. The quantitative estimate of drug-likeness (QED) is 0.0940. The Morgan fingerprint density at radius 3 is 0.914 bits per heavy atom. The van der Waals surface area contributed by atoms with Crippen molar-refractivity contribution < 1.29 is 77.9 Å². The van der Waals surface area contributed by atoms with Crippen molar-refractivity contribution in [2.24, 2.45) is 57.2 Å². The molecule has 624 valence electrons. The summed E-state index contributed by atoms with van der Waals surface area (Å²) in [6.45, 7) is 21.6. The minimum absolute atomic E-state index is 0. The Hall–Kier alpha value is -6.61. The van der Waals surface area contributed by atoms with E-state index in [2.05, 4.69) is 396 Å². The Labute approximate surface area is 765 Å². The van der Waals surface area contributed by atoms with Crippen molar-refractivity contribution in [1.82, 2.24) is 0 Å². The largest absolute Gasteiger partial charge is 3.00 e. The molecule has 0 spiro atoms. The van der Waals surface area contributed by atoms with Gasteiger partial charge >= 0.3 is 77.9 Å². The molecule has 0 heterocycles. The molecule has 0 aromatic heterocycles. The van der Waals surface area contributed by atoms with Crippen molar-refractivity contribution in [2.45, 2.75) is 132 Å². The maximum atomic E-state index is 2.58. The van der Waals surface area contributed by atoms with Crippen molar-refractivity contribution in [3.8, 4) is 0 Å². The first-order valence-electron chi connectivity index (χ1n) is 37.5. The number of benzene rings is 11. The Bertz CT molecular complexity index is 4100. The number of fused-ring (bicyclic) bond motifs is 12. The molecule has 0 amide bonds. The third-order valence-electron chi connectivity index (χ3n) is 24.4. The van der Waals surface area contributed by atoms with Gasteiger partial charge in [0.1, 0.15) is 0 Å². The van der Waals surface area contributed by atoms with E-state index in [1.54, 1.807) is 22.3 Å². The van der Waals surface area contributed by atoms with Crippen molar-refractivity contribution in [3.05, 3.63) is 456 Å². The second-order valence-corrected chi connectivity index (χ2v) is 31.5. The van der Waals surface area contributed by atoms with E-state index in [-0.39, 0.29) is 172 Å². The monoisotopic (exact) mass is 1900 g/mol. The van der Waals surface area contributed by atoms with Gasteiger partial charge in [0, 0.05) is 0 Å². The zero-order chi connectivity index (χ0) is 69.5. The van der Waals surface area contributed by atoms with Gasteiger partial charge in [-0.25, -0.2) is 0 Å². The molecule has 2 saturated carbocycles. The molecule has 9 aliphatic carbocycles. The van der Waals surface area contributed by atoms with Crippen molar-refractivity contribution in [3.63, 3.8) is 0 Å². The molecule has 0 saturated heterocycles. The normalized spacial score (nSPS) is 21.8. The molecule has 10 atom stereocenters. The van der Waals surface area contributed by atoms with E-state index >= 15 is 0 Å². The average Bonchev–Trinajstić information content (AvgIpc) is 1.52. The molecule has 4 radical (unpaired) electrons. The van der Waals surface area contributed by atoms with Crippen molar-refractivity contribution in [2.75, 3.05) is 0 Å². The summed E-state index contributed by atoms with van der Waals surface area (Å²) in [6.07, 6.45) is 31.5. The van der Waals surface area contributed by atoms with Gasteiger partial charge in [0.05, 0.1) is 0 Å². The second-order valence-electron chi connectivity index (χ2n) is 31.5.